The fourth-order valence-corrected chi connectivity index (χ4v) is 2.32. The lowest BCUT2D eigenvalue weighted by atomic mass is 10.2. The van der Waals surface area contributed by atoms with Crippen LogP contribution in [0, 0.1) is 6.92 Å². The average Bonchev–Trinajstić information content (AvgIpc) is 2.55. The zero-order valence-electron chi connectivity index (χ0n) is 7.94. The van der Waals surface area contributed by atoms with Crippen LogP contribution in [0.25, 0.3) is 21.3 Å². The molecule has 0 aliphatic rings. The highest BCUT2D eigenvalue weighted by molar-refractivity contribution is 7.16. The van der Waals surface area contributed by atoms with E-state index in [1.165, 1.54) is 11.3 Å². The van der Waals surface area contributed by atoms with Crippen molar-refractivity contribution < 1.29 is 0 Å². The summed E-state index contributed by atoms with van der Waals surface area (Å²) in [6.45, 7) is 1.94. The third-order valence-corrected chi connectivity index (χ3v) is 3.15. The number of aromatic nitrogens is 3. The van der Waals surface area contributed by atoms with Crippen LogP contribution in [0.1, 0.15) is 5.69 Å². The number of aryl methyl sites for hydroxylation is 1. The molecule has 3 aromatic heterocycles. The summed E-state index contributed by atoms with van der Waals surface area (Å²) >= 11 is 1.17. The molecule has 3 heterocycles. The molecule has 0 radical (unpaired) electrons. The molecule has 0 atom stereocenters. The summed E-state index contributed by atoms with van der Waals surface area (Å²) in [5.41, 5.74) is 2.45. The molecule has 0 saturated carbocycles. The lowest BCUT2D eigenvalue weighted by molar-refractivity contribution is 1.22. The maximum atomic E-state index is 11.2. The molecule has 0 aromatic carbocycles. The highest BCUT2D eigenvalue weighted by Gasteiger charge is 2.05. The first-order chi connectivity index (χ1) is 7.24. The Hall–Kier alpha value is -1.75. The molecule has 3 aromatic rings. The van der Waals surface area contributed by atoms with Gasteiger partial charge in [-0.2, -0.15) is 0 Å². The standard InChI is InChI=1S/C10H7N3OS/c1-5-6-4-8-9(13-10(14)15-8)12-7(6)2-3-11-5/h2-4H,1H3,(H,12,13,14). The Morgan fingerprint density at radius 3 is 3.20 bits per heavy atom. The second kappa shape index (κ2) is 2.87. The van der Waals surface area contributed by atoms with Gasteiger partial charge in [-0.25, -0.2) is 4.98 Å². The predicted octanol–water partition coefficient (Wildman–Crippen LogP) is 1.84. The first-order valence-electron chi connectivity index (χ1n) is 4.49. The third-order valence-electron chi connectivity index (χ3n) is 2.33. The van der Waals surface area contributed by atoms with Crippen LogP contribution < -0.4 is 4.87 Å². The molecule has 74 valence electrons. The van der Waals surface area contributed by atoms with Crippen molar-refractivity contribution >= 4 is 32.6 Å². The third kappa shape index (κ3) is 1.24. The number of nitrogens with one attached hydrogen (secondary N) is 1. The van der Waals surface area contributed by atoms with E-state index in [4.69, 9.17) is 0 Å². The predicted molar refractivity (Wildman–Crippen MR) is 60.3 cm³/mol. The number of H-pyrrole nitrogens is 1. The van der Waals surface area contributed by atoms with Gasteiger partial charge in [0.2, 0.25) is 0 Å². The topological polar surface area (TPSA) is 58.6 Å². The van der Waals surface area contributed by atoms with E-state index < -0.39 is 0 Å². The molecule has 15 heavy (non-hydrogen) atoms. The second-order valence-electron chi connectivity index (χ2n) is 3.31. The van der Waals surface area contributed by atoms with E-state index in [9.17, 15) is 4.79 Å². The van der Waals surface area contributed by atoms with Crippen LogP contribution in [0.5, 0.6) is 0 Å². The molecule has 0 bridgehead atoms. The lowest BCUT2D eigenvalue weighted by Crippen LogP contribution is -1.91. The maximum absolute atomic E-state index is 11.2. The van der Waals surface area contributed by atoms with E-state index in [2.05, 4.69) is 15.0 Å². The minimum atomic E-state index is -0.0709. The number of aromatic amines is 1. The number of pyridine rings is 2. The number of hydrogen-bond donors (Lipinski definition) is 1. The van der Waals surface area contributed by atoms with Gasteiger partial charge in [0.1, 0.15) is 0 Å². The summed E-state index contributed by atoms with van der Waals surface area (Å²) in [6, 6.07) is 3.81. The average molecular weight is 217 g/mol. The quantitative estimate of drug-likeness (QED) is 0.625. The van der Waals surface area contributed by atoms with Gasteiger partial charge in [-0.3, -0.25) is 14.8 Å². The van der Waals surface area contributed by atoms with Crippen LogP contribution in [-0.4, -0.2) is 15.0 Å². The molecule has 0 amide bonds. The van der Waals surface area contributed by atoms with Crippen molar-refractivity contribution in [3.05, 3.63) is 33.7 Å². The maximum Gasteiger partial charge on any atom is 0.306 e. The van der Waals surface area contributed by atoms with Crippen LogP contribution in [0.3, 0.4) is 0 Å². The van der Waals surface area contributed by atoms with Gasteiger partial charge in [0.25, 0.3) is 0 Å². The molecule has 0 saturated heterocycles. The van der Waals surface area contributed by atoms with Gasteiger partial charge in [0, 0.05) is 17.3 Å². The Bertz CT molecular complexity index is 713. The molecule has 1 N–H and O–H groups in total. The van der Waals surface area contributed by atoms with Crippen molar-refractivity contribution in [1.82, 2.24) is 15.0 Å². The Balaban J connectivity index is 2.57. The highest BCUT2D eigenvalue weighted by atomic mass is 32.1. The van der Waals surface area contributed by atoms with E-state index in [0.29, 0.717) is 5.65 Å². The fourth-order valence-electron chi connectivity index (χ4n) is 1.60. The zero-order valence-corrected chi connectivity index (χ0v) is 8.76. The number of nitrogens with zero attached hydrogens (tertiary/aromatic N) is 2. The molecular weight excluding hydrogens is 210 g/mol. The SMILES string of the molecule is Cc1nccc2nc3[nH]c(=O)sc3cc12. The normalized spacial score (nSPS) is 11.3. The van der Waals surface area contributed by atoms with Crippen LogP contribution >= 0.6 is 11.3 Å². The van der Waals surface area contributed by atoms with Crippen LogP contribution in [0.2, 0.25) is 0 Å². The van der Waals surface area contributed by atoms with Gasteiger partial charge < -0.3 is 0 Å². The zero-order chi connectivity index (χ0) is 10.4. The Kier molecular flexibility index (Phi) is 1.63. The van der Waals surface area contributed by atoms with Crippen LogP contribution in [0.15, 0.2) is 23.1 Å². The number of rotatable bonds is 0. The van der Waals surface area contributed by atoms with Crippen molar-refractivity contribution in [3.63, 3.8) is 0 Å². The van der Waals surface area contributed by atoms with Gasteiger partial charge in [0.15, 0.2) is 5.65 Å². The summed E-state index contributed by atoms with van der Waals surface area (Å²) < 4.78 is 0.878. The van der Waals surface area contributed by atoms with Crippen LogP contribution in [0.4, 0.5) is 0 Å². The summed E-state index contributed by atoms with van der Waals surface area (Å²) in [5.74, 6) is 0. The number of thiazole rings is 1. The Morgan fingerprint density at radius 1 is 1.47 bits per heavy atom. The van der Waals surface area contributed by atoms with Crippen LogP contribution in [-0.2, 0) is 0 Å². The van der Waals surface area contributed by atoms with E-state index >= 15 is 0 Å². The molecule has 0 spiro atoms. The van der Waals surface area contributed by atoms with Crippen molar-refractivity contribution in [3.8, 4) is 0 Å². The van der Waals surface area contributed by atoms with E-state index in [0.717, 1.165) is 21.3 Å². The van der Waals surface area contributed by atoms with E-state index in [-0.39, 0.29) is 4.87 Å². The second-order valence-corrected chi connectivity index (χ2v) is 4.33. The summed E-state index contributed by atoms with van der Waals surface area (Å²) in [6.07, 6.45) is 1.72. The summed E-state index contributed by atoms with van der Waals surface area (Å²) in [7, 11) is 0. The lowest BCUT2D eigenvalue weighted by Gasteiger charge is -1.99. The minimum absolute atomic E-state index is 0.0709. The van der Waals surface area contributed by atoms with Gasteiger partial charge in [-0.1, -0.05) is 11.3 Å². The smallest absolute Gasteiger partial charge is 0.297 e. The van der Waals surface area contributed by atoms with Crippen molar-refractivity contribution in [2.75, 3.05) is 0 Å². The first kappa shape index (κ1) is 8.55. The monoisotopic (exact) mass is 217 g/mol. The van der Waals surface area contributed by atoms with Crippen molar-refractivity contribution in [2.24, 2.45) is 0 Å². The van der Waals surface area contributed by atoms with Crippen molar-refractivity contribution in [2.45, 2.75) is 6.92 Å². The first-order valence-corrected chi connectivity index (χ1v) is 5.31. The Labute approximate surface area is 88.6 Å². The summed E-state index contributed by atoms with van der Waals surface area (Å²) in [4.78, 5) is 22.4. The van der Waals surface area contributed by atoms with E-state index in [1.807, 2.05) is 19.1 Å². The molecular formula is C10H7N3OS. The minimum Gasteiger partial charge on any atom is -0.297 e. The highest BCUT2D eigenvalue weighted by Crippen LogP contribution is 2.21. The Morgan fingerprint density at radius 2 is 2.33 bits per heavy atom. The molecule has 3 rings (SSSR count). The van der Waals surface area contributed by atoms with Gasteiger partial charge in [-0.05, 0) is 19.1 Å². The van der Waals surface area contributed by atoms with Gasteiger partial charge in [0.05, 0.1) is 10.2 Å². The molecule has 0 fully saturated rings. The molecule has 0 unspecified atom stereocenters. The molecule has 4 nitrogen and oxygen atoms in total. The molecule has 0 aliphatic carbocycles. The summed E-state index contributed by atoms with van der Waals surface area (Å²) in [5, 5.41) is 1.00. The van der Waals surface area contributed by atoms with E-state index in [1.54, 1.807) is 6.20 Å². The molecule has 5 heteroatoms. The van der Waals surface area contributed by atoms with Gasteiger partial charge in [-0.15, -0.1) is 0 Å². The fraction of sp³-hybridized carbons (Fsp3) is 0.100. The largest absolute Gasteiger partial charge is 0.306 e. The molecule has 0 aliphatic heterocycles. The number of fused-ring (bicyclic) bond motifs is 2. The van der Waals surface area contributed by atoms with Gasteiger partial charge >= 0.3 is 4.87 Å². The number of hydrogen-bond acceptors (Lipinski definition) is 4. The van der Waals surface area contributed by atoms with Crippen molar-refractivity contribution in [1.29, 1.82) is 0 Å².